The number of hydrogen-bond donors (Lipinski definition) is 0. The second-order valence-electron chi connectivity index (χ2n) is 4.45. The van der Waals surface area contributed by atoms with Crippen molar-refractivity contribution in [3.63, 3.8) is 0 Å². The first-order valence-electron chi connectivity index (χ1n) is 5.45. The molecule has 5 heteroatoms. The second-order valence-corrected chi connectivity index (χ2v) is 9.49. The summed E-state index contributed by atoms with van der Waals surface area (Å²) >= 11 is 11.8. The SMILES string of the molecule is C[Si](C)(CCCC#N)Oc1ccc(Cl)c(Cl)c1. The molecule has 2 nitrogen and oxygen atoms in total. The van der Waals surface area contributed by atoms with Crippen LogP contribution in [0.4, 0.5) is 0 Å². The van der Waals surface area contributed by atoms with E-state index in [1.807, 2.05) is 6.07 Å². The second kappa shape index (κ2) is 6.30. The van der Waals surface area contributed by atoms with Crippen molar-refractivity contribution in [1.82, 2.24) is 0 Å². The van der Waals surface area contributed by atoms with Crippen LogP contribution in [0.1, 0.15) is 12.8 Å². The maximum Gasteiger partial charge on any atom is 0.245 e. The van der Waals surface area contributed by atoms with Gasteiger partial charge in [-0.15, -0.1) is 0 Å². The Kier molecular flexibility index (Phi) is 5.32. The van der Waals surface area contributed by atoms with Gasteiger partial charge in [-0.05, 0) is 43.8 Å². The maximum atomic E-state index is 8.51. The largest absolute Gasteiger partial charge is 0.544 e. The van der Waals surface area contributed by atoms with Gasteiger partial charge in [-0.25, -0.2) is 0 Å². The van der Waals surface area contributed by atoms with Crippen molar-refractivity contribution < 1.29 is 4.43 Å². The van der Waals surface area contributed by atoms with E-state index >= 15 is 0 Å². The third kappa shape index (κ3) is 4.99. The number of rotatable bonds is 5. The Hall–Kier alpha value is -0.693. The lowest BCUT2D eigenvalue weighted by atomic mass is 10.3. The molecule has 1 aromatic rings. The summed E-state index contributed by atoms with van der Waals surface area (Å²) in [5.41, 5.74) is 0. The molecule has 0 amide bonds. The first-order valence-corrected chi connectivity index (χ1v) is 9.33. The van der Waals surface area contributed by atoms with Gasteiger partial charge >= 0.3 is 0 Å². The highest BCUT2D eigenvalue weighted by molar-refractivity contribution is 6.71. The van der Waals surface area contributed by atoms with Crippen molar-refractivity contribution in [3.8, 4) is 11.8 Å². The molecule has 1 aromatic carbocycles. The van der Waals surface area contributed by atoms with Crippen molar-refractivity contribution in [3.05, 3.63) is 28.2 Å². The number of unbranched alkanes of at least 4 members (excludes halogenated alkanes) is 1. The first-order chi connectivity index (χ1) is 7.94. The van der Waals surface area contributed by atoms with Crippen LogP contribution in [-0.4, -0.2) is 8.32 Å². The zero-order valence-corrected chi connectivity index (χ0v) is 12.5. The summed E-state index contributed by atoms with van der Waals surface area (Å²) in [6, 6.07) is 8.41. The van der Waals surface area contributed by atoms with Crippen LogP contribution < -0.4 is 4.43 Å². The fraction of sp³-hybridized carbons (Fsp3) is 0.417. The van der Waals surface area contributed by atoms with Gasteiger partial charge in [-0.1, -0.05) is 23.2 Å². The Balaban J connectivity index is 2.63. The van der Waals surface area contributed by atoms with Gasteiger partial charge in [-0.2, -0.15) is 5.26 Å². The Morgan fingerprint density at radius 3 is 2.59 bits per heavy atom. The molecule has 0 fully saturated rings. The average Bonchev–Trinajstić information content (AvgIpc) is 2.23. The lowest BCUT2D eigenvalue weighted by Gasteiger charge is -2.24. The zero-order chi connectivity index (χ0) is 12.9. The molecule has 0 aliphatic carbocycles. The Morgan fingerprint density at radius 2 is 2.00 bits per heavy atom. The van der Waals surface area contributed by atoms with Crippen LogP contribution in [0.3, 0.4) is 0 Å². The Bertz CT molecular complexity index is 429. The first kappa shape index (κ1) is 14.4. The van der Waals surface area contributed by atoms with Gasteiger partial charge in [0.15, 0.2) is 0 Å². The quantitative estimate of drug-likeness (QED) is 0.571. The predicted octanol–water partition coefficient (Wildman–Crippen LogP) is 4.88. The average molecular weight is 288 g/mol. The van der Waals surface area contributed by atoms with Gasteiger partial charge in [-0.3, -0.25) is 0 Å². The highest BCUT2D eigenvalue weighted by Crippen LogP contribution is 2.28. The van der Waals surface area contributed by atoms with Crippen LogP contribution in [0.25, 0.3) is 0 Å². The summed E-state index contributed by atoms with van der Waals surface area (Å²) in [7, 11) is -1.77. The van der Waals surface area contributed by atoms with Gasteiger partial charge in [0, 0.05) is 6.42 Å². The van der Waals surface area contributed by atoms with E-state index in [2.05, 4.69) is 19.2 Å². The van der Waals surface area contributed by atoms with E-state index in [9.17, 15) is 0 Å². The summed E-state index contributed by atoms with van der Waals surface area (Å²) in [6.07, 6.45) is 1.47. The molecule has 0 heterocycles. The molecule has 0 unspecified atom stereocenters. The van der Waals surface area contributed by atoms with E-state index in [-0.39, 0.29) is 0 Å². The van der Waals surface area contributed by atoms with Gasteiger partial charge in [0.25, 0.3) is 0 Å². The van der Waals surface area contributed by atoms with E-state index in [0.717, 1.165) is 18.2 Å². The van der Waals surface area contributed by atoms with Gasteiger partial charge in [0.1, 0.15) is 5.75 Å². The van der Waals surface area contributed by atoms with E-state index in [4.69, 9.17) is 32.9 Å². The number of halogens is 2. The molecule has 92 valence electrons. The van der Waals surface area contributed by atoms with Crippen LogP contribution in [0.5, 0.6) is 5.75 Å². The van der Waals surface area contributed by atoms with E-state index < -0.39 is 8.32 Å². The third-order valence-corrected chi connectivity index (χ3v) is 5.44. The van der Waals surface area contributed by atoms with Crippen molar-refractivity contribution >= 4 is 31.5 Å². The van der Waals surface area contributed by atoms with E-state index in [1.54, 1.807) is 12.1 Å². The van der Waals surface area contributed by atoms with Crippen LogP contribution >= 0.6 is 23.2 Å². The van der Waals surface area contributed by atoms with Crippen molar-refractivity contribution in [2.75, 3.05) is 0 Å². The summed E-state index contributed by atoms with van der Waals surface area (Å²) in [5.74, 6) is 0.757. The third-order valence-electron chi connectivity index (χ3n) is 2.35. The molecule has 17 heavy (non-hydrogen) atoms. The van der Waals surface area contributed by atoms with E-state index in [0.29, 0.717) is 16.5 Å². The highest BCUT2D eigenvalue weighted by atomic mass is 35.5. The molecule has 0 aliphatic heterocycles. The lowest BCUT2D eigenvalue weighted by Crippen LogP contribution is -2.33. The number of nitrogens with zero attached hydrogens (tertiary/aromatic N) is 1. The molecule has 1 rings (SSSR count). The van der Waals surface area contributed by atoms with Crippen molar-refractivity contribution in [1.29, 1.82) is 5.26 Å². The van der Waals surface area contributed by atoms with Gasteiger partial charge in [0.05, 0.1) is 16.1 Å². The van der Waals surface area contributed by atoms with Crippen LogP contribution in [0.2, 0.25) is 29.2 Å². The Labute approximate surface area is 113 Å². The maximum absolute atomic E-state index is 8.51. The molecule has 0 radical (unpaired) electrons. The Morgan fingerprint density at radius 1 is 1.29 bits per heavy atom. The molecule has 0 aromatic heterocycles. The number of benzene rings is 1. The topological polar surface area (TPSA) is 33.0 Å². The number of nitriles is 1. The van der Waals surface area contributed by atoms with Gasteiger partial charge in [0.2, 0.25) is 8.32 Å². The highest BCUT2D eigenvalue weighted by Gasteiger charge is 2.23. The minimum Gasteiger partial charge on any atom is -0.544 e. The minimum absolute atomic E-state index is 0.506. The zero-order valence-electron chi connectivity index (χ0n) is 9.96. The molecule has 0 N–H and O–H groups in total. The molecule has 0 saturated carbocycles. The summed E-state index contributed by atoms with van der Waals surface area (Å²) in [6.45, 7) is 4.26. The summed E-state index contributed by atoms with van der Waals surface area (Å²) in [4.78, 5) is 0. The molecule has 0 bridgehead atoms. The smallest absolute Gasteiger partial charge is 0.245 e. The summed E-state index contributed by atoms with van der Waals surface area (Å²) in [5, 5.41) is 9.55. The van der Waals surface area contributed by atoms with Crippen molar-refractivity contribution in [2.24, 2.45) is 0 Å². The van der Waals surface area contributed by atoms with Crippen LogP contribution in [0, 0.1) is 11.3 Å². The monoisotopic (exact) mass is 287 g/mol. The fourth-order valence-corrected chi connectivity index (χ4v) is 3.69. The van der Waals surface area contributed by atoms with Gasteiger partial charge < -0.3 is 4.43 Å². The van der Waals surface area contributed by atoms with E-state index in [1.165, 1.54) is 0 Å². The summed E-state index contributed by atoms with van der Waals surface area (Å²) < 4.78 is 5.97. The van der Waals surface area contributed by atoms with Crippen molar-refractivity contribution in [2.45, 2.75) is 32.0 Å². The standard InChI is InChI=1S/C12H15Cl2NOSi/c1-17(2,8-4-3-7-15)16-10-5-6-11(13)12(14)9-10/h5-6,9H,3-4,8H2,1-2H3. The molecule has 0 atom stereocenters. The molecular formula is C12H15Cl2NOSi. The minimum atomic E-state index is -1.77. The molecular weight excluding hydrogens is 273 g/mol. The molecule has 0 spiro atoms. The lowest BCUT2D eigenvalue weighted by molar-refractivity contribution is 0.544. The molecule has 0 saturated heterocycles. The number of hydrogen-bond acceptors (Lipinski definition) is 2. The van der Waals surface area contributed by atoms with Crippen LogP contribution in [-0.2, 0) is 0 Å². The van der Waals surface area contributed by atoms with Crippen LogP contribution in [0.15, 0.2) is 18.2 Å². The normalized spacial score (nSPS) is 11.0. The molecule has 0 aliphatic rings. The predicted molar refractivity (Wildman–Crippen MR) is 74.2 cm³/mol. The fourth-order valence-electron chi connectivity index (χ4n) is 1.50.